The lowest BCUT2D eigenvalue weighted by atomic mass is 10.2. The van der Waals surface area contributed by atoms with E-state index in [0.717, 1.165) is 0 Å². The Hall–Kier alpha value is -1.83. The fourth-order valence-electron chi connectivity index (χ4n) is 2.44. The number of sulfonamides is 1. The Morgan fingerprint density at radius 2 is 2.00 bits per heavy atom. The average Bonchev–Trinajstić information content (AvgIpc) is 2.43. The van der Waals surface area contributed by atoms with Gasteiger partial charge in [-0.05, 0) is 18.6 Å². The van der Waals surface area contributed by atoms with Crippen molar-refractivity contribution in [3.8, 4) is 5.75 Å². The molecule has 0 bridgehead atoms. The van der Waals surface area contributed by atoms with Crippen LogP contribution in [0, 0.1) is 6.92 Å². The molecule has 1 fully saturated rings. The fourth-order valence-corrected chi connectivity index (χ4v) is 4.34. The molecule has 0 atom stereocenters. The third kappa shape index (κ3) is 3.80. The van der Waals surface area contributed by atoms with E-state index in [-0.39, 0.29) is 24.9 Å². The van der Waals surface area contributed by atoms with Gasteiger partial charge in [0.1, 0.15) is 17.6 Å². The minimum absolute atomic E-state index is 0.145. The molecule has 0 N–H and O–H groups in total. The molecule has 0 radical (unpaired) electrons. The van der Waals surface area contributed by atoms with Crippen molar-refractivity contribution in [2.45, 2.75) is 18.8 Å². The summed E-state index contributed by atoms with van der Waals surface area (Å²) < 4.78 is 36.6. The SMILES string of the molecule is Cc1cc(OC2CN(S(=O)(=O)Cc3ccccc3Cl)C2)cc(=O)o1. The van der Waals surface area contributed by atoms with Crippen molar-refractivity contribution in [1.29, 1.82) is 0 Å². The molecule has 0 amide bonds. The fraction of sp³-hybridized carbons (Fsp3) is 0.312. The number of rotatable bonds is 5. The number of aryl methyl sites for hydroxylation is 1. The van der Waals surface area contributed by atoms with Crippen LogP contribution in [0.2, 0.25) is 5.02 Å². The predicted molar refractivity (Wildman–Crippen MR) is 89.8 cm³/mol. The molecule has 2 heterocycles. The summed E-state index contributed by atoms with van der Waals surface area (Å²) in [5.74, 6) is 0.685. The van der Waals surface area contributed by atoms with Gasteiger partial charge in [0, 0.05) is 11.1 Å². The summed E-state index contributed by atoms with van der Waals surface area (Å²) in [7, 11) is -3.45. The third-order valence-electron chi connectivity index (χ3n) is 3.67. The lowest BCUT2D eigenvalue weighted by Crippen LogP contribution is -2.56. The van der Waals surface area contributed by atoms with Crippen LogP contribution in [0.15, 0.2) is 45.6 Å². The van der Waals surface area contributed by atoms with Crippen molar-refractivity contribution in [3.05, 3.63) is 63.2 Å². The standard InChI is InChI=1S/C16H16ClNO5S/c1-11-6-13(7-16(19)22-11)23-14-8-18(9-14)24(20,21)10-12-4-2-3-5-15(12)17/h2-7,14H,8-10H2,1H3. The van der Waals surface area contributed by atoms with Gasteiger partial charge >= 0.3 is 5.63 Å². The Balaban J connectivity index is 1.61. The van der Waals surface area contributed by atoms with Crippen LogP contribution >= 0.6 is 11.6 Å². The van der Waals surface area contributed by atoms with Gasteiger partial charge in [0.15, 0.2) is 0 Å². The first-order valence-electron chi connectivity index (χ1n) is 7.33. The highest BCUT2D eigenvalue weighted by molar-refractivity contribution is 7.88. The van der Waals surface area contributed by atoms with E-state index in [2.05, 4.69) is 0 Å². The number of ether oxygens (including phenoxy) is 1. The maximum atomic E-state index is 12.4. The van der Waals surface area contributed by atoms with Crippen molar-refractivity contribution in [3.63, 3.8) is 0 Å². The summed E-state index contributed by atoms with van der Waals surface area (Å²) in [6.45, 7) is 2.13. The van der Waals surface area contributed by atoms with E-state index in [4.69, 9.17) is 20.8 Å². The van der Waals surface area contributed by atoms with Crippen LogP contribution in [0.25, 0.3) is 0 Å². The van der Waals surface area contributed by atoms with Gasteiger partial charge in [-0.3, -0.25) is 0 Å². The molecule has 2 aromatic rings. The molecule has 1 aliphatic rings. The first kappa shape index (κ1) is 17.0. The number of hydrogen-bond donors (Lipinski definition) is 0. The van der Waals surface area contributed by atoms with Crippen molar-refractivity contribution in [2.24, 2.45) is 0 Å². The Morgan fingerprint density at radius 1 is 1.29 bits per heavy atom. The van der Waals surface area contributed by atoms with Crippen LogP contribution in [0.3, 0.4) is 0 Å². The Labute approximate surface area is 144 Å². The van der Waals surface area contributed by atoms with Gasteiger partial charge in [-0.15, -0.1) is 0 Å². The van der Waals surface area contributed by atoms with Crippen molar-refractivity contribution in [2.75, 3.05) is 13.1 Å². The summed E-state index contributed by atoms with van der Waals surface area (Å²) in [6, 6.07) is 9.71. The van der Waals surface area contributed by atoms with Gasteiger partial charge in [-0.1, -0.05) is 29.8 Å². The van der Waals surface area contributed by atoms with Crippen LogP contribution in [-0.4, -0.2) is 31.9 Å². The summed E-state index contributed by atoms with van der Waals surface area (Å²) in [5, 5.41) is 0.431. The molecule has 128 valence electrons. The lowest BCUT2D eigenvalue weighted by Gasteiger charge is -2.37. The second-order valence-electron chi connectivity index (χ2n) is 5.63. The monoisotopic (exact) mass is 369 g/mol. The quantitative estimate of drug-likeness (QED) is 0.807. The highest BCUT2D eigenvalue weighted by Gasteiger charge is 2.37. The second kappa shape index (κ2) is 6.58. The van der Waals surface area contributed by atoms with Crippen LogP contribution in [0.5, 0.6) is 5.75 Å². The second-order valence-corrected chi connectivity index (χ2v) is 8.00. The molecule has 0 spiro atoms. The largest absolute Gasteiger partial charge is 0.487 e. The lowest BCUT2D eigenvalue weighted by molar-refractivity contribution is 0.0753. The minimum atomic E-state index is -3.45. The van der Waals surface area contributed by atoms with Gasteiger partial charge < -0.3 is 9.15 Å². The van der Waals surface area contributed by atoms with E-state index < -0.39 is 15.6 Å². The highest BCUT2D eigenvalue weighted by Crippen LogP contribution is 2.24. The smallest absolute Gasteiger partial charge is 0.339 e. The van der Waals surface area contributed by atoms with E-state index in [1.54, 1.807) is 37.3 Å². The summed E-state index contributed by atoms with van der Waals surface area (Å²) in [5.41, 5.74) is 0.0762. The van der Waals surface area contributed by atoms with Crippen LogP contribution < -0.4 is 10.4 Å². The Bertz CT molecular complexity index is 903. The Morgan fingerprint density at radius 3 is 2.67 bits per heavy atom. The molecular weight excluding hydrogens is 354 g/mol. The van der Waals surface area contributed by atoms with Crippen LogP contribution in [-0.2, 0) is 15.8 Å². The first-order valence-corrected chi connectivity index (χ1v) is 9.32. The third-order valence-corrected chi connectivity index (χ3v) is 5.80. The van der Waals surface area contributed by atoms with E-state index in [1.165, 1.54) is 10.4 Å². The molecule has 0 unspecified atom stereocenters. The van der Waals surface area contributed by atoms with Crippen molar-refractivity contribution in [1.82, 2.24) is 4.31 Å². The minimum Gasteiger partial charge on any atom is -0.487 e. The molecule has 0 saturated carbocycles. The van der Waals surface area contributed by atoms with E-state index >= 15 is 0 Å². The number of benzene rings is 1. The zero-order valence-electron chi connectivity index (χ0n) is 12.9. The summed E-state index contributed by atoms with van der Waals surface area (Å²) in [6.07, 6.45) is -0.285. The zero-order chi connectivity index (χ0) is 17.3. The van der Waals surface area contributed by atoms with Gasteiger partial charge in [0.25, 0.3) is 0 Å². The molecule has 3 rings (SSSR count). The van der Waals surface area contributed by atoms with Gasteiger partial charge in [-0.2, -0.15) is 4.31 Å². The first-order chi connectivity index (χ1) is 11.3. The van der Waals surface area contributed by atoms with Gasteiger partial charge in [-0.25, -0.2) is 13.2 Å². The normalized spacial score (nSPS) is 15.9. The van der Waals surface area contributed by atoms with Gasteiger partial charge in [0.05, 0.1) is 24.9 Å². The number of hydrogen-bond acceptors (Lipinski definition) is 5. The maximum absolute atomic E-state index is 12.4. The molecule has 1 aromatic heterocycles. The van der Waals surface area contributed by atoms with Crippen LogP contribution in [0.4, 0.5) is 0 Å². The topological polar surface area (TPSA) is 76.8 Å². The molecule has 1 saturated heterocycles. The maximum Gasteiger partial charge on any atom is 0.339 e. The number of nitrogens with zero attached hydrogens (tertiary/aromatic N) is 1. The molecular formula is C16H16ClNO5S. The zero-order valence-corrected chi connectivity index (χ0v) is 14.5. The molecule has 1 aromatic carbocycles. The molecule has 0 aliphatic carbocycles. The van der Waals surface area contributed by atoms with E-state index in [9.17, 15) is 13.2 Å². The molecule has 6 nitrogen and oxygen atoms in total. The molecule has 24 heavy (non-hydrogen) atoms. The van der Waals surface area contributed by atoms with Crippen molar-refractivity contribution < 1.29 is 17.6 Å². The molecule has 8 heteroatoms. The summed E-state index contributed by atoms with van der Waals surface area (Å²) >= 11 is 6.02. The number of halogens is 1. The average molecular weight is 370 g/mol. The Kier molecular flexibility index (Phi) is 4.67. The van der Waals surface area contributed by atoms with Crippen LogP contribution in [0.1, 0.15) is 11.3 Å². The van der Waals surface area contributed by atoms with E-state index in [0.29, 0.717) is 22.1 Å². The molecule has 1 aliphatic heterocycles. The summed E-state index contributed by atoms with van der Waals surface area (Å²) in [4.78, 5) is 11.3. The predicted octanol–water partition coefficient (Wildman–Crippen LogP) is 2.19. The van der Waals surface area contributed by atoms with Crippen molar-refractivity contribution >= 4 is 21.6 Å². The van der Waals surface area contributed by atoms with E-state index in [1.807, 2.05) is 0 Å². The highest BCUT2D eigenvalue weighted by atomic mass is 35.5. The van der Waals surface area contributed by atoms with Gasteiger partial charge in [0.2, 0.25) is 10.0 Å².